The number of aliphatic hydroxyl groups is 1. The summed E-state index contributed by atoms with van der Waals surface area (Å²) < 4.78 is 81.5. The summed E-state index contributed by atoms with van der Waals surface area (Å²) in [6, 6.07) is 3.70. The lowest BCUT2D eigenvalue weighted by atomic mass is 9.47. The van der Waals surface area contributed by atoms with Crippen molar-refractivity contribution < 1.29 is 44.2 Å². The van der Waals surface area contributed by atoms with Crippen LogP contribution in [0.2, 0.25) is 0 Å². The summed E-state index contributed by atoms with van der Waals surface area (Å²) in [5.41, 5.74) is 0.923. The summed E-state index contributed by atoms with van der Waals surface area (Å²) >= 11 is 0. The van der Waals surface area contributed by atoms with E-state index in [9.17, 15) is 31.0 Å². The third kappa shape index (κ3) is 7.35. The zero-order valence-electron chi connectivity index (χ0n) is 29.7. The van der Waals surface area contributed by atoms with Crippen molar-refractivity contribution in [2.24, 2.45) is 28.1 Å². The quantitative estimate of drug-likeness (QED) is 0.170. The molecule has 0 amide bonds. The Morgan fingerprint density at radius 3 is 2.21 bits per heavy atom. The van der Waals surface area contributed by atoms with Gasteiger partial charge in [-0.15, -0.1) is 0 Å². The summed E-state index contributed by atoms with van der Waals surface area (Å²) in [5, 5.41) is 12.8. The molecule has 1 heterocycles. The Morgan fingerprint density at radius 2 is 1.54 bits per heavy atom. The number of ether oxygens (including phenoxy) is 1. The van der Waals surface area contributed by atoms with Crippen LogP contribution in [0.3, 0.4) is 0 Å². The fraction of sp³-hybridized carbons (Fsp3) is 0.778. The van der Waals surface area contributed by atoms with Crippen LogP contribution in [0.4, 0.5) is 0 Å². The smallest absolute Gasteiger partial charge is 0.389 e. The highest BCUT2D eigenvalue weighted by atomic mass is 32.3. The molecule has 1 aromatic rings. The molecular formula is C36H56O10S2. The number of hydrogen-bond acceptors (Lipinski definition) is 8. The van der Waals surface area contributed by atoms with E-state index in [4.69, 9.17) is 13.1 Å². The van der Waals surface area contributed by atoms with Crippen molar-refractivity contribution in [3.63, 3.8) is 0 Å². The summed E-state index contributed by atoms with van der Waals surface area (Å²) in [6.07, 6.45) is 11.5. The summed E-state index contributed by atoms with van der Waals surface area (Å²) in [7, 11) is -9.69. The van der Waals surface area contributed by atoms with Crippen molar-refractivity contribution in [1.29, 1.82) is 0 Å². The van der Waals surface area contributed by atoms with E-state index in [1.54, 1.807) is 0 Å². The topological polar surface area (TPSA) is 157 Å². The van der Waals surface area contributed by atoms with Gasteiger partial charge in [0.15, 0.2) is 0 Å². The minimum atomic E-state index is -4.87. The Hall–Kier alpha value is -1.70. The van der Waals surface area contributed by atoms with Gasteiger partial charge >= 0.3 is 20.8 Å². The first-order valence-corrected chi connectivity index (χ1v) is 20.3. The van der Waals surface area contributed by atoms with E-state index in [-0.39, 0.29) is 57.7 Å². The predicted octanol–water partition coefficient (Wildman–Crippen LogP) is 7.81. The predicted molar refractivity (Wildman–Crippen MR) is 183 cm³/mol. The van der Waals surface area contributed by atoms with Gasteiger partial charge in [-0.3, -0.25) is 9.11 Å². The molecule has 3 N–H and O–H groups in total. The average molecular weight is 713 g/mol. The Morgan fingerprint density at radius 1 is 0.875 bits per heavy atom. The molecule has 0 radical (unpaired) electrons. The molecule has 3 aliphatic carbocycles. The molecule has 2 saturated carbocycles. The Bertz CT molecular complexity index is 1640. The normalized spacial score (nSPS) is 37.2. The van der Waals surface area contributed by atoms with Crippen molar-refractivity contribution in [2.75, 3.05) is 0 Å². The number of benzene rings is 1. The molecule has 0 spiro atoms. The highest BCUT2D eigenvalue weighted by Crippen LogP contribution is 2.63. The fourth-order valence-electron chi connectivity index (χ4n) is 10.6. The van der Waals surface area contributed by atoms with Gasteiger partial charge < -0.3 is 18.2 Å². The van der Waals surface area contributed by atoms with Gasteiger partial charge in [-0.1, -0.05) is 45.3 Å². The highest BCUT2D eigenvalue weighted by molar-refractivity contribution is 7.81. The number of fused-ring (bicyclic) bond motifs is 2. The Balaban J connectivity index is 1.45. The monoisotopic (exact) mass is 712 g/mol. The minimum Gasteiger partial charge on any atom is -0.389 e. The maximum absolute atomic E-state index is 12.8. The minimum absolute atomic E-state index is 0.0206. The first-order chi connectivity index (χ1) is 22.0. The molecule has 1 aliphatic heterocycles. The van der Waals surface area contributed by atoms with E-state index in [1.165, 1.54) is 17.7 Å². The summed E-state index contributed by atoms with van der Waals surface area (Å²) in [5.74, 6) is 0.0996. The zero-order chi connectivity index (χ0) is 35.6. The average Bonchev–Trinajstić information content (AvgIpc) is 3.07. The molecule has 10 nitrogen and oxygen atoms in total. The van der Waals surface area contributed by atoms with Crippen LogP contribution >= 0.6 is 0 Å². The van der Waals surface area contributed by atoms with Gasteiger partial charge in [-0.05, 0) is 139 Å². The molecule has 48 heavy (non-hydrogen) atoms. The highest BCUT2D eigenvalue weighted by Gasteiger charge is 2.60. The van der Waals surface area contributed by atoms with E-state index in [0.29, 0.717) is 12.0 Å². The molecule has 272 valence electrons. The van der Waals surface area contributed by atoms with Crippen LogP contribution < -0.4 is 8.37 Å². The Labute approximate surface area is 287 Å². The summed E-state index contributed by atoms with van der Waals surface area (Å²) in [6.45, 7) is 15.6. The molecule has 7 atom stereocenters. The third-order valence-corrected chi connectivity index (χ3v) is 14.0. The molecule has 12 heteroatoms. The largest absolute Gasteiger partial charge is 0.446 e. The van der Waals surface area contributed by atoms with Crippen LogP contribution in [-0.2, 0) is 32.0 Å². The fourth-order valence-corrected chi connectivity index (χ4v) is 11.3. The molecule has 0 bridgehead atoms. The van der Waals surface area contributed by atoms with Gasteiger partial charge in [0.1, 0.15) is 11.5 Å². The van der Waals surface area contributed by atoms with Gasteiger partial charge in [0.25, 0.3) is 0 Å². The molecule has 4 aliphatic rings. The lowest BCUT2D eigenvalue weighted by Crippen LogP contribution is -2.61. The van der Waals surface area contributed by atoms with Gasteiger partial charge in [0.2, 0.25) is 0 Å². The molecule has 3 fully saturated rings. The van der Waals surface area contributed by atoms with Crippen molar-refractivity contribution in [2.45, 2.75) is 149 Å². The van der Waals surface area contributed by atoms with Gasteiger partial charge in [-0.25, -0.2) is 0 Å². The first kappa shape index (κ1) is 37.6. The SMILES string of the molecule is CC1=C(Cc2cc(OS(=O)(=O)O)ccc2OS(=O)(=O)O)[C@]2(C)CCC[C@@](C)(CC[C@@]3(O)[C@H](C)CC[C@@H]4OC(C)(C)CCC[C@@]43C)[C@H]2CC1. The molecule has 0 unspecified atom stereocenters. The van der Waals surface area contributed by atoms with E-state index in [2.05, 4.69) is 48.5 Å². The standard InChI is InChI=1S/C36H56O10S2/c1-24-10-14-30-33(5,20-21-36(37)25(2)11-15-31-35(36,7)19-8-16-32(3,4)44-31)17-9-18-34(30,6)28(24)23-26-22-27(45-47(38,39)40)12-13-29(26)46-48(41,42)43/h12-13,22,25,30-31,37H,8-11,14-21,23H2,1-7H3,(H,38,39,40)(H,41,42,43)/t25-,30-,31+,33+,34+,35+,36-/m1/s1. The molecule has 0 aromatic heterocycles. The molecular weight excluding hydrogens is 657 g/mol. The van der Waals surface area contributed by atoms with Gasteiger partial charge in [0, 0.05) is 11.0 Å². The second-order valence-corrected chi connectivity index (χ2v) is 18.8. The van der Waals surface area contributed by atoms with Crippen molar-refractivity contribution in [1.82, 2.24) is 0 Å². The number of allylic oxidation sites excluding steroid dienone is 2. The van der Waals surface area contributed by atoms with Gasteiger partial charge in [-0.2, -0.15) is 16.8 Å². The van der Waals surface area contributed by atoms with Crippen molar-refractivity contribution in [3.05, 3.63) is 34.9 Å². The maximum Gasteiger partial charge on any atom is 0.446 e. The third-order valence-electron chi connectivity index (χ3n) is 13.3. The maximum atomic E-state index is 12.8. The zero-order valence-corrected chi connectivity index (χ0v) is 31.3. The van der Waals surface area contributed by atoms with Crippen LogP contribution in [0.15, 0.2) is 29.3 Å². The lowest BCUT2D eigenvalue weighted by Gasteiger charge is -2.59. The van der Waals surface area contributed by atoms with E-state index >= 15 is 0 Å². The van der Waals surface area contributed by atoms with Crippen LogP contribution in [0.5, 0.6) is 11.5 Å². The van der Waals surface area contributed by atoms with Crippen LogP contribution in [0.1, 0.15) is 131 Å². The number of rotatable bonds is 9. The van der Waals surface area contributed by atoms with E-state index < -0.39 is 26.4 Å². The Kier molecular flexibility index (Phi) is 10.0. The number of hydrogen-bond donors (Lipinski definition) is 3. The van der Waals surface area contributed by atoms with Crippen LogP contribution in [-0.4, -0.2) is 48.4 Å². The van der Waals surface area contributed by atoms with Crippen molar-refractivity contribution >= 4 is 20.8 Å². The second kappa shape index (κ2) is 12.8. The molecule has 1 aromatic carbocycles. The second-order valence-electron chi connectivity index (χ2n) is 16.8. The summed E-state index contributed by atoms with van der Waals surface area (Å²) in [4.78, 5) is 0. The van der Waals surface area contributed by atoms with E-state index in [1.807, 2.05) is 0 Å². The molecule has 1 saturated heterocycles. The molecule has 5 rings (SSSR count). The van der Waals surface area contributed by atoms with Crippen molar-refractivity contribution in [3.8, 4) is 11.5 Å². The first-order valence-electron chi connectivity index (χ1n) is 17.6. The van der Waals surface area contributed by atoms with Crippen LogP contribution in [0, 0.1) is 28.1 Å². The van der Waals surface area contributed by atoms with Gasteiger partial charge in [0.05, 0.1) is 17.3 Å². The van der Waals surface area contributed by atoms with E-state index in [0.717, 1.165) is 82.3 Å². The van der Waals surface area contributed by atoms with Crippen LogP contribution in [0.25, 0.3) is 0 Å². The lowest BCUT2D eigenvalue weighted by molar-refractivity contribution is -0.229.